The molecule has 0 unspecified atom stereocenters. The summed E-state index contributed by atoms with van der Waals surface area (Å²) in [5, 5.41) is 13.8. The molecule has 0 saturated carbocycles. The van der Waals surface area contributed by atoms with Gasteiger partial charge in [-0.25, -0.2) is 0 Å². The molecule has 0 amide bonds. The van der Waals surface area contributed by atoms with Crippen LogP contribution in [0.4, 0.5) is 4.39 Å². The number of carbonyl (C=O) groups is 1. The van der Waals surface area contributed by atoms with Crippen molar-refractivity contribution in [2.75, 3.05) is 0 Å². The Balaban J connectivity index is 0.000000301. The molecule has 5 rings (SSSR count). The number of aliphatic hydroxyl groups excluding tert-OH is 1. The van der Waals surface area contributed by atoms with E-state index in [1.165, 1.54) is 26.2 Å². The van der Waals surface area contributed by atoms with Gasteiger partial charge in [-0.15, -0.1) is 0 Å². The quantitative estimate of drug-likeness (QED) is 0.0657. The summed E-state index contributed by atoms with van der Waals surface area (Å²) in [7, 11) is 0. The number of carbonyl (C=O) groups excluding carboxylic acids is 1. The topological polar surface area (TPSA) is 50.2 Å². The van der Waals surface area contributed by atoms with Crippen LogP contribution in [-0.2, 0) is 24.9 Å². The molecule has 7 heteroatoms. The molecule has 2 heterocycles. The normalized spacial score (nSPS) is 12.4. The molecule has 2 aromatic heterocycles. The molecule has 257 valence electrons. The van der Waals surface area contributed by atoms with Gasteiger partial charge >= 0.3 is 185 Å². The summed E-state index contributed by atoms with van der Waals surface area (Å²) in [6.45, 7) is 12.1. The molecule has 0 aliphatic rings. The fraction of sp³-hybridized carbons (Fsp3) is 0.366. The SMILES string of the molecule is CCC(C)(CC)C(=O)/C=C(\O)C(C)(CC)CC.[CH3][Ge]([CH3])([CH3])[c]1cc(-c2nccc3cc(-c4ccccc4F)[se]c23)[c-]c2ccccc12.[Ir]. The summed E-state index contributed by atoms with van der Waals surface area (Å²) in [5.74, 6) is 7.41. The minimum atomic E-state index is -2.12. The first-order valence-electron chi connectivity index (χ1n) is 16.8. The standard InChI is InChI=1S/C26H21FGeNSe.C15H28O2.Ir/c1-28(2,3)23-15-19(14-17-8-4-5-9-20(17)23)25-26-18(12-13-29-25)16-24(30-26)21-10-6-7-11-22(21)27;1-7-14(5,8-2)12(16)11-13(17)15(6,9-3)10-4;/h4-13,15-16H,1-3H3;11,16H,7-10H2,1-6H3;/q-1;;/b;12-11-;. The van der Waals surface area contributed by atoms with Crippen molar-refractivity contribution in [2.45, 2.75) is 84.5 Å². The molecule has 0 aliphatic carbocycles. The van der Waals surface area contributed by atoms with Crippen LogP contribution in [-0.4, -0.2) is 43.6 Å². The van der Waals surface area contributed by atoms with Gasteiger partial charge < -0.3 is 5.11 Å². The van der Waals surface area contributed by atoms with E-state index in [0.29, 0.717) is 5.56 Å². The maximum absolute atomic E-state index is 14.4. The Kier molecular flexibility index (Phi) is 13.8. The smallest absolute Gasteiger partial charge is 0 e. The molecule has 0 atom stereocenters. The number of pyridine rings is 1. The number of ketones is 1. The molecule has 0 saturated heterocycles. The van der Waals surface area contributed by atoms with Crippen LogP contribution in [0.2, 0.25) is 17.3 Å². The molecule has 3 aromatic carbocycles. The molecular weight excluding hydrogens is 901 g/mol. The Morgan fingerprint density at radius 2 is 1.52 bits per heavy atom. The third kappa shape index (κ3) is 8.68. The average molecular weight is 951 g/mol. The fourth-order valence-corrected chi connectivity index (χ4v) is 11.5. The predicted molar refractivity (Wildman–Crippen MR) is 202 cm³/mol. The number of allylic oxidation sites excluding steroid dienone is 2. The van der Waals surface area contributed by atoms with Crippen molar-refractivity contribution in [2.24, 2.45) is 10.8 Å². The molecule has 0 aliphatic heterocycles. The Hall–Kier alpha value is -2.34. The number of aromatic nitrogens is 1. The maximum atomic E-state index is 14.4. The van der Waals surface area contributed by atoms with Gasteiger partial charge in [-0.05, 0) is 25.7 Å². The summed E-state index contributed by atoms with van der Waals surface area (Å²) >= 11 is -2.11. The first-order valence-corrected chi connectivity index (χ1v) is 25.8. The van der Waals surface area contributed by atoms with E-state index in [0.717, 1.165) is 52.2 Å². The first kappa shape index (κ1) is 40.1. The zero-order valence-corrected chi connectivity index (χ0v) is 36.0. The van der Waals surface area contributed by atoms with E-state index in [2.05, 4.69) is 59.7 Å². The molecule has 5 aromatic rings. The minimum absolute atomic E-state index is 0. The Morgan fingerprint density at radius 1 is 0.917 bits per heavy atom. The second kappa shape index (κ2) is 16.6. The number of nitrogens with zero attached hydrogens (tertiary/aromatic N) is 1. The third-order valence-electron chi connectivity index (χ3n) is 10.0. The minimum Gasteiger partial charge on any atom is 0 e. The number of hydrogen-bond donors (Lipinski definition) is 1. The number of fused-ring (bicyclic) bond motifs is 2. The zero-order chi connectivity index (χ0) is 34.6. The van der Waals surface area contributed by atoms with Crippen molar-refractivity contribution in [3.05, 3.63) is 96.6 Å². The summed E-state index contributed by atoms with van der Waals surface area (Å²) in [6, 6.07) is 25.7. The average Bonchev–Trinajstić information content (AvgIpc) is 3.51. The summed E-state index contributed by atoms with van der Waals surface area (Å²) in [6.07, 6.45) is 6.62. The molecule has 1 N–H and O–H groups in total. The van der Waals surface area contributed by atoms with Crippen molar-refractivity contribution in [1.82, 2.24) is 4.98 Å². The number of benzene rings is 3. The van der Waals surface area contributed by atoms with Crippen molar-refractivity contribution in [1.29, 1.82) is 0 Å². The van der Waals surface area contributed by atoms with E-state index in [4.69, 9.17) is 4.98 Å². The summed E-state index contributed by atoms with van der Waals surface area (Å²) in [4.78, 5) is 17.0. The van der Waals surface area contributed by atoms with Crippen LogP contribution in [0.1, 0.15) is 67.2 Å². The predicted octanol–water partition coefficient (Wildman–Crippen LogP) is 10.9. The van der Waals surface area contributed by atoms with Gasteiger partial charge in [0, 0.05) is 37.0 Å². The van der Waals surface area contributed by atoms with Gasteiger partial charge in [0.1, 0.15) is 5.76 Å². The van der Waals surface area contributed by atoms with Gasteiger partial charge in [0.2, 0.25) is 0 Å². The zero-order valence-electron chi connectivity index (χ0n) is 29.8. The second-order valence-corrected chi connectivity index (χ2v) is 26.8. The monoisotopic (exact) mass is 953 g/mol. The van der Waals surface area contributed by atoms with Crippen LogP contribution in [0.5, 0.6) is 0 Å². The van der Waals surface area contributed by atoms with Gasteiger partial charge in [-0.3, -0.25) is 4.79 Å². The molecule has 0 bridgehead atoms. The van der Waals surface area contributed by atoms with Crippen molar-refractivity contribution in [3.8, 4) is 21.3 Å². The van der Waals surface area contributed by atoms with Crippen LogP contribution in [0.25, 0.3) is 41.7 Å². The number of aliphatic hydroxyl groups is 1. The second-order valence-electron chi connectivity index (χ2n) is 14.0. The number of hydrogen-bond acceptors (Lipinski definition) is 3. The van der Waals surface area contributed by atoms with Crippen molar-refractivity contribution >= 4 is 58.4 Å². The van der Waals surface area contributed by atoms with E-state index in [-0.39, 0.29) is 62.8 Å². The summed E-state index contributed by atoms with van der Waals surface area (Å²) < 4.78 is 18.2. The van der Waals surface area contributed by atoms with Crippen LogP contribution < -0.4 is 4.40 Å². The van der Waals surface area contributed by atoms with Crippen LogP contribution in [0.3, 0.4) is 0 Å². The van der Waals surface area contributed by atoms with Gasteiger partial charge in [0.15, 0.2) is 5.78 Å². The van der Waals surface area contributed by atoms with Crippen LogP contribution in [0.15, 0.2) is 84.8 Å². The van der Waals surface area contributed by atoms with E-state index in [1.54, 1.807) is 6.07 Å². The molecule has 0 spiro atoms. The largest absolute Gasteiger partial charge is 0 e. The Morgan fingerprint density at radius 3 is 2.12 bits per heavy atom. The van der Waals surface area contributed by atoms with Crippen LogP contribution >= 0.6 is 0 Å². The van der Waals surface area contributed by atoms with Crippen LogP contribution in [0, 0.1) is 22.7 Å². The number of halogens is 1. The molecular formula is C41H49FGeIrNO2Se-. The van der Waals surface area contributed by atoms with Gasteiger partial charge in [-0.2, -0.15) is 0 Å². The molecule has 3 nitrogen and oxygen atoms in total. The Labute approximate surface area is 308 Å². The third-order valence-corrected chi connectivity index (χ3v) is 16.8. The fourth-order valence-electron chi connectivity index (χ4n) is 5.61. The Bertz CT molecular complexity index is 1900. The number of rotatable bonds is 10. The summed E-state index contributed by atoms with van der Waals surface area (Å²) in [5.41, 5.74) is 2.15. The maximum Gasteiger partial charge on any atom is 0 e. The van der Waals surface area contributed by atoms with Crippen molar-refractivity contribution in [3.63, 3.8) is 0 Å². The van der Waals surface area contributed by atoms with E-state index in [1.807, 2.05) is 65.9 Å². The van der Waals surface area contributed by atoms with E-state index in [9.17, 15) is 14.3 Å². The van der Waals surface area contributed by atoms with Gasteiger partial charge in [0.05, 0.1) is 0 Å². The first-order chi connectivity index (χ1) is 22.2. The van der Waals surface area contributed by atoms with Gasteiger partial charge in [-0.1, -0.05) is 41.5 Å². The molecule has 0 fully saturated rings. The van der Waals surface area contributed by atoms with Crippen molar-refractivity contribution < 1.29 is 34.4 Å². The molecule has 1 radical (unpaired) electrons. The van der Waals surface area contributed by atoms with E-state index < -0.39 is 13.3 Å². The van der Waals surface area contributed by atoms with Gasteiger partial charge in [0.25, 0.3) is 0 Å². The molecule has 48 heavy (non-hydrogen) atoms. The van der Waals surface area contributed by atoms with E-state index >= 15 is 0 Å².